The Morgan fingerprint density at radius 1 is 0.192 bits per heavy atom. The average molecular weight is 1550 g/mol. The van der Waals surface area contributed by atoms with Crippen molar-refractivity contribution >= 4 is 196 Å². The maximum Gasteiger partial charge on any atom is 0.137 e. The smallest absolute Gasteiger partial charge is 0.137 e. The van der Waals surface area contributed by atoms with Crippen LogP contribution in [0.25, 0.3) is 196 Å². The Bertz CT molecular complexity index is 8660. The van der Waals surface area contributed by atoms with E-state index in [-0.39, 0.29) is 0 Å². The molecule has 0 saturated heterocycles. The number of para-hydroxylation sites is 1. The summed E-state index contributed by atoms with van der Waals surface area (Å²) in [5.74, 6) is 0. The van der Waals surface area contributed by atoms with Gasteiger partial charge in [0.2, 0.25) is 0 Å². The molecule has 0 bridgehead atoms. The number of benzene rings is 20. The molecule has 6 nitrogen and oxygen atoms in total. The molecule has 26 rings (SSSR count). The van der Waals surface area contributed by atoms with Gasteiger partial charge in [-0.2, -0.15) is 0 Å². The molecule has 1 aliphatic rings. The normalized spacial score (nSPS) is 13.5. The van der Waals surface area contributed by atoms with Crippen molar-refractivity contribution in [2.45, 2.75) is 5.41 Å². The van der Waals surface area contributed by atoms with Crippen molar-refractivity contribution in [3.63, 3.8) is 0 Å². The Hall–Kier alpha value is -15.5. The summed E-state index contributed by atoms with van der Waals surface area (Å²) in [4.78, 5) is 4.74. The highest BCUT2D eigenvalue weighted by atomic mass is 32.1. The number of rotatable bonds is 11. The third-order valence-electron chi connectivity index (χ3n) is 25.7. The molecule has 1 atom stereocenters. The zero-order valence-electron chi connectivity index (χ0n) is 64.5. The number of thiophene rings is 1. The Morgan fingerprint density at radius 3 is 1.09 bits per heavy atom. The first kappa shape index (κ1) is 66.7. The van der Waals surface area contributed by atoms with Gasteiger partial charge in [-0.05, 0) is 226 Å². The lowest BCUT2D eigenvalue weighted by atomic mass is 9.67. The highest BCUT2D eigenvalue weighted by Crippen LogP contribution is 2.58. The molecular formula is C113H66N2O4S. The molecule has 25 aromatic rings. The molecular weight excluding hydrogens is 1480 g/mol. The molecule has 7 heteroatoms. The topological polar surface area (TPSA) is 59.0 Å². The predicted octanol–water partition coefficient (Wildman–Crippen LogP) is 32.6. The van der Waals surface area contributed by atoms with Crippen molar-refractivity contribution in [1.82, 2.24) is 0 Å². The molecule has 1 unspecified atom stereocenters. The van der Waals surface area contributed by atoms with Crippen molar-refractivity contribution in [2.24, 2.45) is 0 Å². The van der Waals surface area contributed by atoms with E-state index >= 15 is 0 Å². The van der Waals surface area contributed by atoms with Crippen molar-refractivity contribution in [3.05, 3.63) is 423 Å². The summed E-state index contributed by atoms with van der Waals surface area (Å²) >= 11 is 1.85. The van der Waals surface area contributed by atoms with Gasteiger partial charge in [0.15, 0.2) is 0 Å². The van der Waals surface area contributed by atoms with Crippen LogP contribution in [-0.2, 0) is 5.41 Å². The first-order valence-corrected chi connectivity index (χ1v) is 41.8. The van der Waals surface area contributed by atoms with Gasteiger partial charge >= 0.3 is 0 Å². The van der Waals surface area contributed by atoms with Gasteiger partial charge in [-0.15, -0.1) is 11.3 Å². The first-order chi connectivity index (χ1) is 59.4. The molecule has 558 valence electrons. The fraction of sp³-hybridized carbons (Fsp3) is 0.00885. The van der Waals surface area contributed by atoms with Gasteiger partial charge in [0.05, 0.1) is 16.8 Å². The number of fused-ring (bicyclic) bond motifs is 24. The van der Waals surface area contributed by atoms with E-state index in [0.717, 1.165) is 166 Å². The fourth-order valence-electron chi connectivity index (χ4n) is 20.2. The number of nitrogens with zero attached hydrogens (tertiary/aromatic N) is 2. The van der Waals surface area contributed by atoms with Crippen LogP contribution in [0.15, 0.2) is 418 Å². The summed E-state index contributed by atoms with van der Waals surface area (Å²) in [6.45, 7) is 0. The molecule has 0 amide bonds. The summed E-state index contributed by atoms with van der Waals surface area (Å²) in [5.41, 5.74) is 26.2. The monoisotopic (exact) mass is 1550 g/mol. The van der Waals surface area contributed by atoms with Crippen molar-refractivity contribution in [3.8, 4) is 44.5 Å². The third kappa shape index (κ3) is 10.0. The summed E-state index contributed by atoms with van der Waals surface area (Å²) in [5, 5.41) is 20.5. The van der Waals surface area contributed by atoms with E-state index in [1.165, 1.54) is 86.0 Å². The average Bonchev–Trinajstić information content (AvgIpc) is 1.53. The summed E-state index contributed by atoms with van der Waals surface area (Å²) < 4.78 is 29.9. The van der Waals surface area contributed by atoms with Gasteiger partial charge in [-0.3, -0.25) is 0 Å². The molecule has 0 saturated carbocycles. The number of hydrogen-bond donors (Lipinski definition) is 0. The predicted molar refractivity (Wildman–Crippen MR) is 501 cm³/mol. The standard InChI is InChI=1S/C113H66N2O4S/c1-2-20-75(21-3-1)113(99-31-15-12-26-85(99)94-56-69(36-51-100(94)113)70-38-53-105-96(58-70)91-49-45-78(65-109(91)118-105)114(77-43-47-89-88-29-13-16-32-103(88)116-107(89)63-77)101-61-73-18-4-6-22-81(73)83-24-8-10-27-86(83)101)76-41-34-67(35-42-76)68-37-52-104-95(57-68)90-48-44-79(64-108(90)117-104)115(102-62-74-19-5-7-23-82(74)84-25-9-11-28-87(84)102)80-46-50-92-97-59-71(39-54-106(97)119-110(92)66-80)72-40-55-112-98(60-72)93-30-14-17-33-111(93)120-112/h1-66H. The molecule has 0 spiro atoms. The van der Waals surface area contributed by atoms with Gasteiger partial charge in [0.1, 0.15) is 44.7 Å². The molecule has 5 heterocycles. The van der Waals surface area contributed by atoms with Gasteiger partial charge in [-0.1, -0.05) is 249 Å². The van der Waals surface area contributed by atoms with Crippen LogP contribution in [0.4, 0.5) is 34.1 Å². The quantitative estimate of drug-likeness (QED) is 0.120. The second kappa shape index (κ2) is 25.7. The van der Waals surface area contributed by atoms with Gasteiger partial charge in [0.25, 0.3) is 0 Å². The van der Waals surface area contributed by atoms with Gasteiger partial charge < -0.3 is 27.5 Å². The van der Waals surface area contributed by atoms with Gasteiger partial charge in [0, 0.05) is 121 Å². The van der Waals surface area contributed by atoms with E-state index in [1.807, 2.05) is 23.5 Å². The minimum Gasteiger partial charge on any atom is -0.456 e. The third-order valence-corrected chi connectivity index (χ3v) is 26.8. The van der Waals surface area contributed by atoms with Crippen LogP contribution in [0.3, 0.4) is 0 Å². The maximum absolute atomic E-state index is 6.96. The largest absolute Gasteiger partial charge is 0.456 e. The molecule has 0 N–H and O–H groups in total. The minimum absolute atomic E-state index is 0.619. The molecule has 0 radical (unpaired) electrons. The SMILES string of the molecule is c1ccc(C2(c3ccc(-c4ccc5oc6cc(N(c7ccc8c(c7)oc7ccc(-c9ccc%10sc%11ccccc%11c%10c9)cc78)c7cc8ccccc8c8ccccc78)ccc6c5c4)cc3)c3ccccc3-c3cc(-c4ccc5oc6cc(N(c7ccc8c(c7)oc7ccccc78)c7cc8ccccc8c8ccccc78)ccc6c5c4)ccc32)cc1. The lowest BCUT2D eigenvalue weighted by molar-refractivity contribution is 0.668. The Morgan fingerprint density at radius 2 is 0.550 bits per heavy atom. The van der Waals surface area contributed by atoms with Crippen molar-refractivity contribution in [2.75, 3.05) is 9.80 Å². The maximum atomic E-state index is 6.96. The van der Waals surface area contributed by atoms with Crippen LogP contribution in [0, 0.1) is 0 Å². The minimum atomic E-state index is -0.619. The van der Waals surface area contributed by atoms with E-state index in [0.29, 0.717) is 0 Å². The van der Waals surface area contributed by atoms with Crippen LogP contribution in [0.1, 0.15) is 22.3 Å². The molecule has 0 fully saturated rings. The van der Waals surface area contributed by atoms with E-state index in [1.54, 1.807) is 0 Å². The molecule has 1 aliphatic carbocycles. The Kier molecular flexibility index (Phi) is 14.3. The summed E-state index contributed by atoms with van der Waals surface area (Å²) in [7, 11) is 0. The van der Waals surface area contributed by atoms with Crippen LogP contribution in [0.2, 0.25) is 0 Å². The molecule has 5 aromatic heterocycles. The number of hydrogen-bond acceptors (Lipinski definition) is 7. The van der Waals surface area contributed by atoms with Crippen LogP contribution in [0.5, 0.6) is 0 Å². The first-order valence-electron chi connectivity index (χ1n) is 41.0. The van der Waals surface area contributed by atoms with Gasteiger partial charge in [-0.25, -0.2) is 0 Å². The highest BCUT2D eigenvalue weighted by molar-refractivity contribution is 7.25. The zero-order valence-corrected chi connectivity index (χ0v) is 65.4. The van der Waals surface area contributed by atoms with Crippen molar-refractivity contribution in [1.29, 1.82) is 0 Å². The van der Waals surface area contributed by atoms with Crippen molar-refractivity contribution < 1.29 is 17.7 Å². The number of anilines is 6. The fourth-order valence-corrected chi connectivity index (χ4v) is 21.2. The van der Waals surface area contributed by atoms with E-state index in [4.69, 9.17) is 17.7 Å². The Balaban J connectivity index is 0.545. The lowest BCUT2D eigenvalue weighted by Gasteiger charge is -2.34. The van der Waals surface area contributed by atoms with E-state index in [2.05, 4.69) is 398 Å². The molecule has 20 aromatic carbocycles. The highest BCUT2D eigenvalue weighted by Gasteiger charge is 2.46. The second-order valence-corrected chi connectivity index (χ2v) is 33.1. The van der Waals surface area contributed by atoms with Crippen LogP contribution < -0.4 is 9.80 Å². The zero-order chi connectivity index (χ0) is 78.4. The lowest BCUT2D eigenvalue weighted by Crippen LogP contribution is -2.28. The summed E-state index contributed by atoms with van der Waals surface area (Å²) in [6, 6.07) is 146. The Labute approximate surface area is 691 Å². The molecule has 0 aliphatic heterocycles. The second-order valence-electron chi connectivity index (χ2n) is 32.1. The van der Waals surface area contributed by atoms with Crippen LogP contribution in [-0.4, -0.2) is 0 Å². The molecule has 120 heavy (non-hydrogen) atoms. The van der Waals surface area contributed by atoms with Crippen LogP contribution >= 0.6 is 11.3 Å². The summed E-state index contributed by atoms with van der Waals surface area (Å²) in [6.07, 6.45) is 0. The van der Waals surface area contributed by atoms with E-state index < -0.39 is 5.41 Å². The van der Waals surface area contributed by atoms with E-state index in [9.17, 15) is 0 Å². The number of furan rings is 4.